The minimum absolute atomic E-state index is 0.145. The third-order valence-electron chi connectivity index (χ3n) is 3.47. The molecule has 0 unspecified atom stereocenters. The fraction of sp³-hybridized carbons (Fsp3) is 0.111. The Bertz CT molecular complexity index is 875. The van der Waals surface area contributed by atoms with Crippen LogP contribution in [0.2, 0.25) is 5.02 Å². The quantitative estimate of drug-likeness (QED) is 0.645. The highest BCUT2D eigenvalue weighted by Crippen LogP contribution is 2.23. The molecule has 0 saturated heterocycles. The molecule has 0 aliphatic heterocycles. The molecule has 24 heavy (non-hydrogen) atoms. The van der Waals surface area contributed by atoms with E-state index < -0.39 is 0 Å². The summed E-state index contributed by atoms with van der Waals surface area (Å²) in [5.74, 6) is 0.460. The standard InChI is InChI=1S/C18H14BrClN2O2/c1-11-8-14(6-7-16(11)19)21-18(23)10-15-9-17(24-22-15)12-2-4-13(20)5-3-12/h2-9H,10H2,1H3,(H,21,23). The zero-order valence-corrected chi connectivity index (χ0v) is 15.2. The van der Waals surface area contributed by atoms with Crippen LogP contribution in [0.15, 0.2) is 57.5 Å². The van der Waals surface area contributed by atoms with Crippen molar-refractivity contribution in [2.24, 2.45) is 0 Å². The second-order valence-electron chi connectivity index (χ2n) is 5.38. The van der Waals surface area contributed by atoms with Crippen LogP contribution < -0.4 is 5.32 Å². The number of hydrogen-bond donors (Lipinski definition) is 1. The SMILES string of the molecule is Cc1cc(NC(=O)Cc2cc(-c3ccc(Cl)cc3)on2)ccc1Br. The van der Waals surface area contributed by atoms with Crippen LogP contribution in [0.1, 0.15) is 11.3 Å². The summed E-state index contributed by atoms with van der Waals surface area (Å²) in [5, 5.41) is 7.46. The van der Waals surface area contributed by atoms with E-state index in [2.05, 4.69) is 26.4 Å². The number of anilines is 1. The number of rotatable bonds is 4. The Balaban J connectivity index is 1.66. The van der Waals surface area contributed by atoms with Crippen molar-refractivity contribution < 1.29 is 9.32 Å². The molecule has 122 valence electrons. The maximum Gasteiger partial charge on any atom is 0.230 e. The first-order valence-corrected chi connectivity index (χ1v) is 8.46. The van der Waals surface area contributed by atoms with Gasteiger partial charge in [0.1, 0.15) is 0 Å². The number of hydrogen-bond acceptors (Lipinski definition) is 3. The van der Waals surface area contributed by atoms with Crippen LogP contribution in [-0.2, 0) is 11.2 Å². The first kappa shape index (κ1) is 16.7. The van der Waals surface area contributed by atoms with Crippen LogP contribution in [-0.4, -0.2) is 11.1 Å². The number of carbonyl (C=O) groups excluding carboxylic acids is 1. The first-order chi connectivity index (χ1) is 11.5. The van der Waals surface area contributed by atoms with Crippen molar-refractivity contribution in [3.63, 3.8) is 0 Å². The molecule has 0 aliphatic rings. The Labute approximate surface area is 152 Å². The number of carbonyl (C=O) groups is 1. The molecule has 0 aliphatic carbocycles. The average molecular weight is 406 g/mol. The molecule has 3 rings (SSSR count). The molecule has 0 fully saturated rings. The minimum Gasteiger partial charge on any atom is -0.356 e. The van der Waals surface area contributed by atoms with Crippen molar-refractivity contribution in [2.45, 2.75) is 13.3 Å². The molecule has 4 nitrogen and oxygen atoms in total. The largest absolute Gasteiger partial charge is 0.356 e. The van der Waals surface area contributed by atoms with Gasteiger partial charge in [-0.1, -0.05) is 32.7 Å². The predicted octanol–water partition coefficient (Wildman–Crippen LogP) is 5.25. The fourth-order valence-electron chi connectivity index (χ4n) is 2.24. The molecule has 0 radical (unpaired) electrons. The van der Waals surface area contributed by atoms with Crippen molar-refractivity contribution >= 4 is 39.1 Å². The molecule has 1 amide bonds. The number of nitrogens with zero attached hydrogens (tertiary/aromatic N) is 1. The van der Waals surface area contributed by atoms with Gasteiger partial charge in [0.2, 0.25) is 5.91 Å². The van der Waals surface area contributed by atoms with Crippen LogP contribution in [0.5, 0.6) is 0 Å². The Hall–Kier alpha value is -2.11. The first-order valence-electron chi connectivity index (χ1n) is 7.29. The lowest BCUT2D eigenvalue weighted by atomic mass is 10.1. The van der Waals surface area contributed by atoms with E-state index in [4.69, 9.17) is 16.1 Å². The zero-order chi connectivity index (χ0) is 17.1. The summed E-state index contributed by atoms with van der Waals surface area (Å²) in [4.78, 5) is 12.1. The number of aryl methyl sites for hydroxylation is 1. The van der Waals surface area contributed by atoms with Gasteiger partial charge in [0.15, 0.2) is 5.76 Å². The topological polar surface area (TPSA) is 55.1 Å². The number of nitrogens with one attached hydrogen (secondary N) is 1. The smallest absolute Gasteiger partial charge is 0.230 e. The van der Waals surface area contributed by atoms with E-state index in [1.54, 1.807) is 18.2 Å². The second kappa shape index (κ2) is 7.20. The highest BCUT2D eigenvalue weighted by Gasteiger charge is 2.11. The van der Waals surface area contributed by atoms with E-state index in [1.807, 2.05) is 37.3 Å². The average Bonchev–Trinajstić information content (AvgIpc) is 3.00. The highest BCUT2D eigenvalue weighted by atomic mass is 79.9. The van der Waals surface area contributed by atoms with E-state index in [-0.39, 0.29) is 12.3 Å². The molecule has 0 spiro atoms. The zero-order valence-electron chi connectivity index (χ0n) is 12.8. The van der Waals surface area contributed by atoms with Gasteiger partial charge in [-0.25, -0.2) is 0 Å². The van der Waals surface area contributed by atoms with Gasteiger partial charge in [0.05, 0.1) is 12.1 Å². The van der Waals surface area contributed by atoms with Crippen LogP contribution in [0.3, 0.4) is 0 Å². The maximum atomic E-state index is 12.1. The Morgan fingerprint density at radius 3 is 2.67 bits per heavy atom. The lowest BCUT2D eigenvalue weighted by Crippen LogP contribution is -2.14. The number of aromatic nitrogens is 1. The molecule has 0 saturated carbocycles. The summed E-state index contributed by atoms with van der Waals surface area (Å²) in [6.07, 6.45) is 0.145. The number of amides is 1. The van der Waals surface area contributed by atoms with E-state index in [0.29, 0.717) is 16.5 Å². The van der Waals surface area contributed by atoms with Crippen molar-refractivity contribution in [1.29, 1.82) is 0 Å². The van der Waals surface area contributed by atoms with Gasteiger partial charge in [-0.05, 0) is 55.0 Å². The van der Waals surface area contributed by atoms with Gasteiger partial charge in [-0.2, -0.15) is 0 Å². The van der Waals surface area contributed by atoms with E-state index in [0.717, 1.165) is 21.3 Å². The Morgan fingerprint density at radius 2 is 1.96 bits per heavy atom. The molecule has 1 heterocycles. The van der Waals surface area contributed by atoms with Gasteiger partial charge in [0.25, 0.3) is 0 Å². The summed E-state index contributed by atoms with van der Waals surface area (Å²) in [5.41, 5.74) is 3.25. The number of benzene rings is 2. The summed E-state index contributed by atoms with van der Waals surface area (Å²) in [7, 11) is 0. The van der Waals surface area contributed by atoms with Crippen LogP contribution in [0, 0.1) is 6.92 Å². The maximum absolute atomic E-state index is 12.1. The van der Waals surface area contributed by atoms with Gasteiger partial charge in [0, 0.05) is 26.8 Å². The molecular weight excluding hydrogens is 392 g/mol. The molecule has 0 bridgehead atoms. The van der Waals surface area contributed by atoms with Gasteiger partial charge in [-0.3, -0.25) is 4.79 Å². The molecule has 1 N–H and O–H groups in total. The van der Waals surface area contributed by atoms with Crippen LogP contribution in [0.4, 0.5) is 5.69 Å². The van der Waals surface area contributed by atoms with Gasteiger partial charge < -0.3 is 9.84 Å². The molecule has 3 aromatic rings. The Morgan fingerprint density at radius 1 is 1.21 bits per heavy atom. The third kappa shape index (κ3) is 4.04. The lowest BCUT2D eigenvalue weighted by molar-refractivity contribution is -0.115. The molecule has 1 aromatic heterocycles. The van der Waals surface area contributed by atoms with Gasteiger partial charge >= 0.3 is 0 Å². The molecule has 0 atom stereocenters. The minimum atomic E-state index is -0.146. The third-order valence-corrected chi connectivity index (χ3v) is 4.61. The lowest BCUT2D eigenvalue weighted by Gasteiger charge is -2.06. The van der Waals surface area contributed by atoms with E-state index >= 15 is 0 Å². The van der Waals surface area contributed by atoms with Crippen LogP contribution >= 0.6 is 27.5 Å². The summed E-state index contributed by atoms with van der Waals surface area (Å²) in [6, 6.07) is 14.7. The molecule has 6 heteroatoms. The normalized spacial score (nSPS) is 10.6. The van der Waals surface area contributed by atoms with Gasteiger partial charge in [-0.15, -0.1) is 0 Å². The monoisotopic (exact) mass is 404 g/mol. The van der Waals surface area contributed by atoms with Crippen molar-refractivity contribution in [2.75, 3.05) is 5.32 Å². The highest BCUT2D eigenvalue weighted by molar-refractivity contribution is 9.10. The predicted molar refractivity (Wildman–Crippen MR) is 98.2 cm³/mol. The molecule has 2 aromatic carbocycles. The van der Waals surface area contributed by atoms with Crippen molar-refractivity contribution in [1.82, 2.24) is 5.16 Å². The van der Waals surface area contributed by atoms with Crippen molar-refractivity contribution in [3.8, 4) is 11.3 Å². The fourth-order valence-corrected chi connectivity index (χ4v) is 2.61. The molecular formula is C18H14BrClN2O2. The summed E-state index contributed by atoms with van der Waals surface area (Å²) >= 11 is 9.30. The Kier molecular flexibility index (Phi) is 5.02. The van der Waals surface area contributed by atoms with Crippen LogP contribution in [0.25, 0.3) is 11.3 Å². The van der Waals surface area contributed by atoms with Crippen molar-refractivity contribution in [3.05, 3.63) is 69.3 Å². The van der Waals surface area contributed by atoms with E-state index in [9.17, 15) is 4.79 Å². The number of halogens is 2. The second-order valence-corrected chi connectivity index (χ2v) is 6.67. The summed E-state index contributed by atoms with van der Waals surface area (Å²) in [6.45, 7) is 1.97. The van der Waals surface area contributed by atoms with E-state index in [1.165, 1.54) is 0 Å². The summed E-state index contributed by atoms with van der Waals surface area (Å²) < 4.78 is 6.30.